The van der Waals surface area contributed by atoms with E-state index >= 15 is 0 Å². The Labute approximate surface area is 168 Å². The Bertz CT molecular complexity index is 983. The monoisotopic (exact) mass is 374 g/mol. The lowest BCUT2D eigenvalue weighted by atomic mass is 10.0. The minimum absolute atomic E-state index is 0.0769. The molecule has 0 radical (unpaired) electrons. The number of benzene rings is 2. The number of rotatable bonds is 7. The molecule has 0 aliphatic carbocycles. The highest BCUT2D eigenvalue weighted by molar-refractivity contribution is 6.01. The summed E-state index contributed by atoms with van der Waals surface area (Å²) in [4.78, 5) is 15.5. The SMILES string of the molecule is C=CCn1c(C(=O)N(CC)Cc2ccccc2)c(C)c2cc(C(C)C)ccc21. The summed E-state index contributed by atoms with van der Waals surface area (Å²) in [6.07, 6.45) is 1.86. The second kappa shape index (κ2) is 8.47. The average Bonchev–Trinajstić information content (AvgIpc) is 2.98. The number of carbonyl (C=O) groups is 1. The lowest BCUT2D eigenvalue weighted by Crippen LogP contribution is -2.32. The molecule has 3 aromatic rings. The zero-order valence-electron chi connectivity index (χ0n) is 17.4. The van der Waals surface area contributed by atoms with Crippen LogP contribution in [0.2, 0.25) is 0 Å². The Balaban J connectivity index is 2.09. The first-order valence-electron chi connectivity index (χ1n) is 10.0. The van der Waals surface area contributed by atoms with Crippen molar-refractivity contribution in [2.75, 3.05) is 6.54 Å². The van der Waals surface area contributed by atoms with Gasteiger partial charge >= 0.3 is 0 Å². The molecule has 0 bridgehead atoms. The van der Waals surface area contributed by atoms with Crippen LogP contribution in [0.1, 0.15) is 53.9 Å². The highest BCUT2D eigenvalue weighted by Gasteiger charge is 2.24. The zero-order chi connectivity index (χ0) is 20.3. The van der Waals surface area contributed by atoms with E-state index in [-0.39, 0.29) is 5.91 Å². The lowest BCUT2D eigenvalue weighted by molar-refractivity contribution is 0.0742. The van der Waals surface area contributed by atoms with Crippen LogP contribution in [0.4, 0.5) is 0 Å². The smallest absolute Gasteiger partial charge is 0.271 e. The number of fused-ring (bicyclic) bond motifs is 1. The Morgan fingerprint density at radius 3 is 2.50 bits per heavy atom. The number of aryl methyl sites for hydroxylation is 1. The summed E-state index contributed by atoms with van der Waals surface area (Å²) >= 11 is 0. The minimum atomic E-state index is 0.0769. The third kappa shape index (κ3) is 3.75. The van der Waals surface area contributed by atoms with E-state index in [0.717, 1.165) is 27.7 Å². The van der Waals surface area contributed by atoms with E-state index in [1.807, 2.05) is 36.1 Å². The summed E-state index contributed by atoms with van der Waals surface area (Å²) < 4.78 is 2.11. The van der Waals surface area contributed by atoms with E-state index < -0.39 is 0 Å². The van der Waals surface area contributed by atoms with Gasteiger partial charge in [0.1, 0.15) is 5.69 Å². The van der Waals surface area contributed by atoms with Crippen molar-refractivity contribution in [1.29, 1.82) is 0 Å². The van der Waals surface area contributed by atoms with Crippen LogP contribution < -0.4 is 0 Å². The number of amides is 1. The normalized spacial score (nSPS) is 11.2. The second-order valence-electron chi connectivity index (χ2n) is 7.61. The van der Waals surface area contributed by atoms with Gasteiger partial charge in [-0.05, 0) is 48.6 Å². The van der Waals surface area contributed by atoms with Crippen LogP contribution >= 0.6 is 0 Å². The van der Waals surface area contributed by atoms with Gasteiger partial charge in [0.05, 0.1) is 0 Å². The van der Waals surface area contributed by atoms with Gasteiger partial charge in [-0.2, -0.15) is 0 Å². The maximum absolute atomic E-state index is 13.6. The fourth-order valence-electron chi connectivity index (χ4n) is 3.77. The maximum atomic E-state index is 13.6. The highest BCUT2D eigenvalue weighted by atomic mass is 16.2. The molecule has 0 saturated carbocycles. The molecule has 1 amide bonds. The number of nitrogens with zero attached hydrogens (tertiary/aromatic N) is 2. The topological polar surface area (TPSA) is 25.2 Å². The molecule has 28 heavy (non-hydrogen) atoms. The van der Waals surface area contributed by atoms with Crippen molar-refractivity contribution in [3.63, 3.8) is 0 Å². The van der Waals surface area contributed by atoms with Crippen molar-refractivity contribution < 1.29 is 4.79 Å². The van der Waals surface area contributed by atoms with E-state index in [0.29, 0.717) is 25.6 Å². The van der Waals surface area contributed by atoms with Crippen LogP contribution in [0.15, 0.2) is 61.2 Å². The minimum Gasteiger partial charge on any atom is -0.333 e. The van der Waals surface area contributed by atoms with Gasteiger partial charge in [-0.25, -0.2) is 0 Å². The van der Waals surface area contributed by atoms with Gasteiger partial charge in [0.2, 0.25) is 0 Å². The van der Waals surface area contributed by atoms with Crippen LogP contribution in [-0.2, 0) is 13.1 Å². The molecule has 146 valence electrons. The lowest BCUT2D eigenvalue weighted by Gasteiger charge is -2.22. The summed E-state index contributed by atoms with van der Waals surface area (Å²) in [5.74, 6) is 0.531. The van der Waals surface area contributed by atoms with Gasteiger partial charge in [-0.3, -0.25) is 4.79 Å². The first kappa shape index (κ1) is 19.9. The van der Waals surface area contributed by atoms with Crippen molar-refractivity contribution in [1.82, 2.24) is 9.47 Å². The first-order chi connectivity index (χ1) is 13.5. The van der Waals surface area contributed by atoms with Crippen LogP contribution in [0, 0.1) is 6.92 Å². The molecule has 2 aromatic carbocycles. The average molecular weight is 375 g/mol. The van der Waals surface area contributed by atoms with Gasteiger partial charge in [-0.15, -0.1) is 6.58 Å². The molecule has 0 spiro atoms. The molecule has 0 N–H and O–H groups in total. The predicted octanol–water partition coefficient (Wildman–Crippen LogP) is 5.92. The van der Waals surface area contributed by atoms with Gasteiger partial charge in [0.25, 0.3) is 5.91 Å². The molecule has 1 heterocycles. The third-order valence-electron chi connectivity index (χ3n) is 5.41. The van der Waals surface area contributed by atoms with Crippen LogP contribution in [0.5, 0.6) is 0 Å². The maximum Gasteiger partial charge on any atom is 0.271 e. The Hall–Kier alpha value is -2.81. The van der Waals surface area contributed by atoms with E-state index in [1.165, 1.54) is 5.56 Å². The van der Waals surface area contributed by atoms with Gasteiger partial charge < -0.3 is 9.47 Å². The van der Waals surface area contributed by atoms with Crippen molar-refractivity contribution in [3.8, 4) is 0 Å². The third-order valence-corrected chi connectivity index (χ3v) is 5.41. The zero-order valence-corrected chi connectivity index (χ0v) is 17.4. The summed E-state index contributed by atoms with van der Waals surface area (Å²) in [5.41, 5.74) is 5.36. The molecule has 3 rings (SSSR count). The fourth-order valence-corrected chi connectivity index (χ4v) is 3.77. The first-order valence-corrected chi connectivity index (χ1v) is 10.0. The van der Waals surface area contributed by atoms with Crippen LogP contribution in [0.25, 0.3) is 10.9 Å². The molecule has 0 aliphatic rings. The van der Waals surface area contributed by atoms with E-state index in [1.54, 1.807) is 0 Å². The number of hydrogen-bond donors (Lipinski definition) is 0. The number of carbonyl (C=O) groups excluding carboxylic acids is 1. The predicted molar refractivity (Wildman–Crippen MR) is 118 cm³/mol. The Morgan fingerprint density at radius 2 is 1.89 bits per heavy atom. The number of allylic oxidation sites excluding steroid dienone is 1. The van der Waals surface area contributed by atoms with Crippen molar-refractivity contribution in [2.45, 2.75) is 46.7 Å². The summed E-state index contributed by atoms with van der Waals surface area (Å²) in [6, 6.07) is 16.7. The Kier molecular flexibility index (Phi) is 6.03. The van der Waals surface area contributed by atoms with E-state index in [2.05, 4.69) is 62.2 Å². The Morgan fingerprint density at radius 1 is 1.18 bits per heavy atom. The van der Waals surface area contributed by atoms with Crippen LogP contribution in [0.3, 0.4) is 0 Å². The molecular weight excluding hydrogens is 344 g/mol. The van der Waals surface area contributed by atoms with Gasteiger partial charge in [0, 0.05) is 30.5 Å². The van der Waals surface area contributed by atoms with E-state index in [4.69, 9.17) is 0 Å². The molecular formula is C25H30N2O. The summed E-state index contributed by atoms with van der Waals surface area (Å²) in [7, 11) is 0. The van der Waals surface area contributed by atoms with Crippen molar-refractivity contribution in [2.24, 2.45) is 0 Å². The van der Waals surface area contributed by atoms with Gasteiger partial charge in [0.15, 0.2) is 0 Å². The van der Waals surface area contributed by atoms with Crippen molar-refractivity contribution >= 4 is 16.8 Å². The highest BCUT2D eigenvalue weighted by Crippen LogP contribution is 2.30. The molecule has 3 heteroatoms. The quantitative estimate of drug-likeness (QED) is 0.471. The van der Waals surface area contributed by atoms with Gasteiger partial charge in [-0.1, -0.05) is 56.3 Å². The molecule has 0 fully saturated rings. The van der Waals surface area contributed by atoms with Crippen LogP contribution in [-0.4, -0.2) is 21.9 Å². The van der Waals surface area contributed by atoms with E-state index in [9.17, 15) is 4.79 Å². The molecule has 0 aliphatic heterocycles. The molecule has 3 nitrogen and oxygen atoms in total. The number of aromatic nitrogens is 1. The molecule has 0 unspecified atom stereocenters. The standard InChI is InChI=1S/C25H30N2O/c1-6-15-27-23-14-13-21(18(3)4)16-22(23)19(5)24(27)25(28)26(7-2)17-20-11-9-8-10-12-20/h6,8-14,16,18H,1,7,15,17H2,2-5H3. The summed E-state index contributed by atoms with van der Waals surface area (Å²) in [5, 5.41) is 1.16. The fraction of sp³-hybridized carbons (Fsp3) is 0.320. The second-order valence-corrected chi connectivity index (χ2v) is 7.61. The summed E-state index contributed by atoms with van der Waals surface area (Å²) in [6.45, 7) is 14.3. The molecule has 1 aromatic heterocycles. The largest absolute Gasteiger partial charge is 0.333 e. The molecule has 0 atom stereocenters. The molecule has 0 saturated heterocycles. The van der Waals surface area contributed by atoms with Crippen molar-refractivity contribution in [3.05, 3.63) is 83.6 Å². The number of hydrogen-bond acceptors (Lipinski definition) is 1.